The van der Waals surface area contributed by atoms with Crippen LogP contribution in [0.4, 0.5) is 0 Å². The number of methoxy groups -OCH3 is 1. The predicted molar refractivity (Wildman–Crippen MR) is 75.3 cm³/mol. The molecule has 0 aromatic heterocycles. The van der Waals surface area contributed by atoms with Crippen LogP contribution in [0.15, 0.2) is 24.3 Å². The van der Waals surface area contributed by atoms with Gasteiger partial charge in [-0.3, -0.25) is 4.79 Å². The smallest absolute Gasteiger partial charge is 0.310 e. The number of ether oxygens (including phenoxy) is 1. The van der Waals surface area contributed by atoms with Crippen LogP contribution in [0, 0.1) is 0 Å². The Hall–Kier alpha value is -1.39. The van der Waals surface area contributed by atoms with E-state index in [0.717, 1.165) is 30.7 Å². The first-order valence-electron chi connectivity index (χ1n) is 6.58. The number of carboxylic acids is 1. The topological polar surface area (TPSA) is 58.6 Å². The number of nitrogens with one attached hydrogen (secondary N) is 1. The van der Waals surface area contributed by atoms with Crippen LogP contribution in [-0.2, 0) is 16.1 Å². The van der Waals surface area contributed by atoms with Gasteiger partial charge in [0.1, 0.15) is 0 Å². The van der Waals surface area contributed by atoms with Gasteiger partial charge in [-0.15, -0.1) is 0 Å². The van der Waals surface area contributed by atoms with E-state index in [-0.39, 0.29) is 0 Å². The molecule has 0 amide bonds. The summed E-state index contributed by atoms with van der Waals surface area (Å²) in [6, 6.07) is 8.12. The Morgan fingerprint density at radius 2 is 1.95 bits per heavy atom. The fraction of sp³-hybridized carbons (Fsp3) is 0.533. The van der Waals surface area contributed by atoms with E-state index in [4.69, 9.17) is 9.84 Å². The second kappa shape index (κ2) is 7.92. The van der Waals surface area contributed by atoms with Crippen molar-refractivity contribution in [2.24, 2.45) is 0 Å². The summed E-state index contributed by atoms with van der Waals surface area (Å²) in [5.41, 5.74) is 1.99. The van der Waals surface area contributed by atoms with E-state index >= 15 is 0 Å². The Labute approximate surface area is 114 Å². The van der Waals surface area contributed by atoms with Crippen LogP contribution in [0.1, 0.15) is 37.3 Å². The zero-order chi connectivity index (χ0) is 14.3. The Kier molecular flexibility index (Phi) is 6.53. The molecule has 1 rings (SSSR count). The van der Waals surface area contributed by atoms with Crippen LogP contribution >= 0.6 is 0 Å². The molecule has 0 heterocycles. The molecule has 4 heteroatoms. The lowest BCUT2D eigenvalue weighted by Crippen LogP contribution is -2.26. The molecule has 1 aromatic rings. The quantitative estimate of drug-likeness (QED) is 0.757. The standard InChI is InChI=1S/C15H23NO3/c1-11(8-9-19-3)16-10-13-4-6-14(7-5-13)12(2)15(17)18/h4-7,11-12,16H,8-10H2,1-3H3,(H,17,18). The fourth-order valence-corrected chi connectivity index (χ4v) is 1.76. The Bertz CT molecular complexity index is 389. The van der Waals surface area contributed by atoms with Crippen LogP contribution in [-0.4, -0.2) is 30.8 Å². The zero-order valence-corrected chi connectivity index (χ0v) is 11.8. The second-order valence-electron chi connectivity index (χ2n) is 4.86. The number of aliphatic carboxylic acids is 1. The lowest BCUT2D eigenvalue weighted by molar-refractivity contribution is -0.138. The average Bonchev–Trinajstić information content (AvgIpc) is 2.42. The van der Waals surface area contributed by atoms with Gasteiger partial charge in [0.2, 0.25) is 0 Å². The summed E-state index contributed by atoms with van der Waals surface area (Å²) in [6.07, 6.45) is 0.977. The van der Waals surface area contributed by atoms with Crippen molar-refractivity contribution in [3.8, 4) is 0 Å². The number of hydrogen-bond donors (Lipinski definition) is 2. The van der Waals surface area contributed by atoms with E-state index in [1.807, 2.05) is 24.3 Å². The minimum Gasteiger partial charge on any atom is -0.481 e. The van der Waals surface area contributed by atoms with Gasteiger partial charge in [-0.2, -0.15) is 0 Å². The normalized spacial score (nSPS) is 14.1. The van der Waals surface area contributed by atoms with Crippen LogP contribution in [0.25, 0.3) is 0 Å². The first kappa shape index (κ1) is 15.7. The first-order chi connectivity index (χ1) is 9.04. The highest BCUT2D eigenvalue weighted by Gasteiger charge is 2.12. The van der Waals surface area contributed by atoms with Crippen LogP contribution in [0.5, 0.6) is 0 Å². The van der Waals surface area contributed by atoms with E-state index < -0.39 is 11.9 Å². The molecular weight excluding hydrogens is 242 g/mol. The van der Waals surface area contributed by atoms with Crippen molar-refractivity contribution in [2.75, 3.05) is 13.7 Å². The van der Waals surface area contributed by atoms with Gasteiger partial charge in [0.25, 0.3) is 0 Å². The van der Waals surface area contributed by atoms with Crippen LogP contribution in [0.2, 0.25) is 0 Å². The third kappa shape index (κ3) is 5.41. The monoisotopic (exact) mass is 265 g/mol. The van der Waals surface area contributed by atoms with E-state index in [9.17, 15) is 4.79 Å². The Balaban J connectivity index is 2.46. The lowest BCUT2D eigenvalue weighted by atomic mass is 10.00. The number of carboxylic acid groups (broad SMARTS) is 1. The maximum atomic E-state index is 10.9. The zero-order valence-electron chi connectivity index (χ0n) is 11.8. The predicted octanol–water partition coefficient (Wildman–Crippen LogP) is 2.39. The van der Waals surface area contributed by atoms with E-state index in [1.54, 1.807) is 14.0 Å². The highest BCUT2D eigenvalue weighted by molar-refractivity contribution is 5.75. The minimum atomic E-state index is -0.793. The van der Waals surface area contributed by atoms with Crippen molar-refractivity contribution >= 4 is 5.97 Å². The molecule has 0 aliphatic rings. The molecule has 0 radical (unpaired) electrons. The van der Waals surface area contributed by atoms with Crippen molar-refractivity contribution in [3.63, 3.8) is 0 Å². The molecule has 0 saturated carbocycles. The van der Waals surface area contributed by atoms with Crippen molar-refractivity contribution < 1.29 is 14.6 Å². The molecular formula is C15H23NO3. The fourth-order valence-electron chi connectivity index (χ4n) is 1.76. The van der Waals surface area contributed by atoms with Gasteiger partial charge in [0.05, 0.1) is 5.92 Å². The summed E-state index contributed by atoms with van der Waals surface area (Å²) in [5.74, 6) is -1.25. The van der Waals surface area contributed by atoms with Gasteiger partial charge < -0.3 is 15.2 Å². The van der Waals surface area contributed by atoms with Crippen LogP contribution in [0.3, 0.4) is 0 Å². The van der Waals surface area contributed by atoms with Gasteiger partial charge >= 0.3 is 5.97 Å². The van der Waals surface area contributed by atoms with Crippen molar-refractivity contribution in [1.82, 2.24) is 5.32 Å². The summed E-state index contributed by atoms with van der Waals surface area (Å²) in [6.45, 7) is 5.36. The molecule has 0 aliphatic heterocycles. The first-order valence-corrected chi connectivity index (χ1v) is 6.58. The number of rotatable bonds is 8. The molecule has 1 aromatic carbocycles. The largest absolute Gasteiger partial charge is 0.481 e. The number of carbonyl (C=O) groups is 1. The molecule has 0 aliphatic carbocycles. The summed E-state index contributed by atoms with van der Waals surface area (Å²) >= 11 is 0. The van der Waals surface area contributed by atoms with E-state index in [2.05, 4.69) is 12.2 Å². The maximum absolute atomic E-state index is 10.9. The summed E-state index contributed by atoms with van der Waals surface area (Å²) in [4.78, 5) is 10.9. The van der Waals surface area contributed by atoms with Crippen LogP contribution < -0.4 is 5.32 Å². The second-order valence-corrected chi connectivity index (χ2v) is 4.86. The minimum absolute atomic E-state index is 0.401. The van der Waals surface area contributed by atoms with Crippen molar-refractivity contribution in [1.29, 1.82) is 0 Å². The Morgan fingerprint density at radius 3 is 2.47 bits per heavy atom. The van der Waals surface area contributed by atoms with Crippen molar-refractivity contribution in [2.45, 2.75) is 38.8 Å². The third-order valence-electron chi connectivity index (χ3n) is 3.26. The number of benzene rings is 1. The summed E-state index contributed by atoms with van der Waals surface area (Å²) in [5, 5.41) is 12.3. The maximum Gasteiger partial charge on any atom is 0.310 e. The molecule has 106 valence electrons. The summed E-state index contributed by atoms with van der Waals surface area (Å²) in [7, 11) is 1.70. The highest BCUT2D eigenvalue weighted by atomic mass is 16.5. The molecule has 4 nitrogen and oxygen atoms in total. The lowest BCUT2D eigenvalue weighted by Gasteiger charge is -2.14. The highest BCUT2D eigenvalue weighted by Crippen LogP contribution is 2.16. The van der Waals surface area contributed by atoms with E-state index in [1.165, 1.54) is 0 Å². The molecule has 0 spiro atoms. The van der Waals surface area contributed by atoms with Gasteiger partial charge in [-0.1, -0.05) is 24.3 Å². The molecule has 19 heavy (non-hydrogen) atoms. The van der Waals surface area contributed by atoms with Crippen molar-refractivity contribution in [3.05, 3.63) is 35.4 Å². The van der Waals surface area contributed by atoms with E-state index in [0.29, 0.717) is 6.04 Å². The Morgan fingerprint density at radius 1 is 1.32 bits per heavy atom. The summed E-state index contributed by atoms with van der Waals surface area (Å²) < 4.78 is 5.03. The van der Waals surface area contributed by atoms with Gasteiger partial charge in [0.15, 0.2) is 0 Å². The molecule has 2 N–H and O–H groups in total. The van der Waals surface area contributed by atoms with Gasteiger partial charge in [0, 0.05) is 26.3 Å². The molecule has 0 bridgehead atoms. The third-order valence-corrected chi connectivity index (χ3v) is 3.26. The average molecular weight is 265 g/mol. The molecule has 0 saturated heterocycles. The van der Waals surface area contributed by atoms with Gasteiger partial charge in [-0.05, 0) is 31.4 Å². The van der Waals surface area contributed by atoms with Gasteiger partial charge in [-0.25, -0.2) is 0 Å². The SMILES string of the molecule is COCCC(C)NCc1ccc(C(C)C(=O)O)cc1. The number of hydrogen-bond acceptors (Lipinski definition) is 3. The molecule has 2 atom stereocenters. The molecule has 0 fully saturated rings. The molecule has 2 unspecified atom stereocenters.